The summed E-state index contributed by atoms with van der Waals surface area (Å²) in [5.41, 5.74) is 2.06. The first-order valence-electron chi connectivity index (χ1n) is 6.85. The number of carbonyl (C=O) groups is 1. The highest BCUT2D eigenvalue weighted by Gasteiger charge is 2.31. The molecule has 0 saturated heterocycles. The monoisotopic (exact) mass is 281 g/mol. The quantitative estimate of drug-likeness (QED) is 0.690. The third-order valence-corrected chi connectivity index (χ3v) is 4.40. The summed E-state index contributed by atoms with van der Waals surface area (Å²) in [7, 11) is 0. The topological polar surface area (TPSA) is 29.5 Å². The normalized spacial score (nSPS) is 24.2. The lowest BCUT2D eigenvalue weighted by molar-refractivity contribution is -0.109. The van der Waals surface area contributed by atoms with E-state index in [1.807, 2.05) is 6.92 Å². The van der Waals surface area contributed by atoms with E-state index in [1.165, 1.54) is 11.8 Å². The zero-order valence-corrected chi connectivity index (χ0v) is 13.0. The van der Waals surface area contributed by atoms with E-state index in [0.717, 1.165) is 30.7 Å². The maximum Gasteiger partial charge on any atom is 0.217 e. The van der Waals surface area contributed by atoms with Gasteiger partial charge in [-0.2, -0.15) is 0 Å². The highest BCUT2D eigenvalue weighted by Crippen LogP contribution is 2.34. The van der Waals surface area contributed by atoms with Gasteiger partial charge in [-0.3, -0.25) is 4.79 Å². The molecule has 106 valence electrons. The molecule has 1 atom stereocenters. The first-order chi connectivity index (χ1) is 8.88. The molecular weight excluding hydrogens is 258 g/mol. The van der Waals surface area contributed by atoms with Gasteiger partial charge in [0, 0.05) is 22.6 Å². The van der Waals surface area contributed by atoms with E-state index in [4.69, 9.17) is 4.74 Å². The molecule has 1 unspecified atom stereocenters. The summed E-state index contributed by atoms with van der Waals surface area (Å²) >= 11 is 1.43. The van der Waals surface area contributed by atoms with Crippen molar-refractivity contribution in [1.29, 1.82) is 0 Å². The summed E-state index contributed by atoms with van der Waals surface area (Å²) in [4.78, 5) is 14.6. The van der Waals surface area contributed by atoms with Gasteiger partial charge in [0.25, 0.3) is 0 Å². The van der Waals surface area contributed by atoms with Crippen LogP contribution >= 0.6 is 11.8 Å². The highest BCUT2D eigenvalue weighted by atomic mass is 32.2. The molecule has 4 heteroatoms. The Hall–Kier alpha value is -0.740. The Balaban J connectivity index is 2.18. The minimum atomic E-state index is -0.0313. The van der Waals surface area contributed by atoms with Crippen LogP contribution in [0.5, 0.6) is 0 Å². The third-order valence-electron chi connectivity index (χ3n) is 3.36. The largest absolute Gasteiger partial charge is 0.354 e. The Labute approximate surface area is 120 Å². The third kappa shape index (κ3) is 3.63. The Bertz CT molecular complexity index is 420. The van der Waals surface area contributed by atoms with Crippen molar-refractivity contribution in [2.24, 2.45) is 0 Å². The smallest absolute Gasteiger partial charge is 0.217 e. The van der Waals surface area contributed by atoms with Crippen LogP contribution in [0.3, 0.4) is 0 Å². The van der Waals surface area contributed by atoms with Crippen molar-refractivity contribution in [3.63, 3.8) is 0 Å². The SMILES string of the molecule is CC1=C(C(=O)SC(C)(C)C)CCC2OCC=CCN12. The summed E-state index contributed by atoms with van der Waals surface area (Å²) in [6.07, 6.45) is 6.04. The predicted octanol–water partition coefficient (Wildman–Crippen LogP) is 3.33. The lowest BCUT2D eigenvalue weighted by Crippen LogP contribution is -2.39. The molecule has 0 aromatic carbocycles. The molecule has 19 heavy (non-hydrogen) atoms. The lowest BCUT2D eigenvalue weighted by Gasteiger charge is -2.37. The minimum absolute atomic E-state index is 0.0313. The minimum Gasteiger partial charge on any atom is -0.354 e. The van der Waals surface area contributed by atoms with Gasteiger partial charge < -0.3 is 9.64 Å². The van der Waals surface area contributed by atoms with Crippen molar-refractivity contribution in [3.8, 4) is 0 Å². The van der Waals surface area contributed by atoms with Crippen molar-refractivity contribution in [3.05, 3.63) is 23.4 Å². The van der Waals surface area contributed by atoms with Crippen LogP contribution in [0.1, 0.15) is 40.5 Å². The fraction of sp³-hybridized carbons (Fsp3) is 0.667. The molecule has 0 N–H and O–H groups in total. The standard InChI is InChI=1S/C15H23NO2S/c1-11-12(14(17)19-15(2,3)4)7-8-13-16(11)9-5-6-10-18-13/h5-6,13H,7-10H2,1-4H3. The Kier molecular flexibility index (Phi) is 4.41. The summed E-state index contributed by atoms with van der Waals surface area (Å²) in [5, 5.41) is 0.219. The molecule has 0 saturated carbocycles. The molecule has 0 bridgehead atoms. The van der Waals surface area contributed by atoms with Crippen LogP contribution in [0.2, 0.25) is 0 Å². The van der Waals surface area contributed by atoms with Gasteiger partial charge in [-0.15, -0.1) is 0 Å². The van der Waals surface area contributed by atoms with Gasteiger partial charge in [-0.25, -0.2) is 0 Å². The highest BCUT2D eigenvalue weighted by molar-refractivity contribution is 8.15. The molecule has 0 radical (unpaired) electrons. The number of rotatable bonds is 1. The van der Waals surface area contributed by atoms with Crippen LogP contribution in [0.4, 0.5) is 0 Å². The van der Waals surface area contributed by atoms with E-state index in [0.29, 0.717) is 6.61 Å². The first kappa shape index (κ1) is 14.7. The zero-order valence-electron chi connectivity index (χ0n) is 12.2. The first-order valence-corrected chi connectivity index (χ1v) is 7.66. The summed E-state index contributed by atoms with van der Waals surface area (Å²) in [5.74, 6) is 0. The summed E-state index contributed by atoms with van der Waals surface area (Å²) < 4.78 is 5.76. The fourth-order valence-electron chi connectivity index (χ4n) is 2.43. The number of ether oxygens (including phenoxy) is 1. The van der Waals surface area contributed by atoms with Crippen LogP contribution < -0.4 is 0 Å². The molecular formula is C15H23NO2S. The van der Waals surface area contributed by atoms with Crippen molar-refractivity contribution >= 4 is 16.9 Å². The maximum atomic E-state index is 12.4. The van der Waals surface area contributed by atoms with Crippen molar-refractivity contribution in [2.75, 3.05) is 13.2 Å². The molecule has 3 nitrogen and oxygen atoms in total. The van der Waals surface area contributed by atoms with Gasteiger partial charge in [-0.1, -0.05) is 44.7 Å². The maximum absolute atomic E-state index is 12.4. The molecule has 0 spiro atoms. The van der Waals surface area contributed by atoms with Gasteiger partial charge in [-0.05, 0) is 19.8 Å². The number of allylic oxidation sites excluding steroid dienone is 1. The molecule has 0 amide bonds. The average molecular weight is 281 g/mol. The Morgan fingerprint density at radius 3 is 2.84 bits per heavy atom. The number of hydrogen-bond donors (Lipinski definition) is 0. The van der Waals surface area contributed by atoms with Crippen LogP contribution in [0.15, 0.2) is 23.4 Å². The summed E-state index contributed by atoms with van der Waals surface area (Å²) in [6, 6.07) is 0. The molecule has 2 heterocycles. The van der Waals surface area contributed by atoms with E-state index in [-0.39, 0.29) is 16.1 Å². The summed E-state index contributed by atoms with van der Waals surface area (Å²) in [6.45, 7) is 9.80. The van der Waals surface area contributed by atoms with Crippen molar-refractivity contribution < 1.29 is 9.53 Å². The second-order valence-corrected chi connectivity index (χ2v) is 7.82. The number of fused-ring (bicyclic) bond motifs is 1. The van der Waals surface area contributed by atoms with Crippen LogP contribution in [-0.4, -0.2) is 34.1 Å². The van der Waals surface area contributed by atoms with E-state index < -0.39 is 0 Å². The van der Waals surface area contributed by atoms with Crippen molar-refractivity contribution in [1.82, 2.24) is 4.90 Å². The second kappa shape index (κ2) is 5.71. The van der Waals surface area contributed by atoms with E-state index in [1.54, 1.807) is 0 Å². The molecule has 0 fully saturated rings. The lowest BCUT2D eigenvalue weighted by atomic mass is 10.0. The molecule has 0 aliphatic carbocycles. The van der Waals surface area contributed by atoms with Crippen LogP contribution in [0, 0.1) is 0 Å². The number of nitrogens with zero attached hydrogens (tertiary/aromatic N) is 1. The predicted molar refractivity (Wildman–Crippen MR) is 79.9 cm³/mol. The molecule has 2 rings (SSSR count). The second-order valence-electron chi connectivity index (χ2n) is 6.02. The molecule has 2 aliphatic heterocycles. The number of thioether (sulfide) groups is 1. The average Bonchev–Trinajstić information content (AvgIpc) is 2.52. The number of hydrogen-bond acceptors (Lipinski definition) is 4. The van der Waals surface area contributed by atoms with Crippen LogP contribution in [-0.2, 0) is 9.53 Å². The molecule has 0 aromatic heterocycles. The van der Waals surface area contributed by atoms with E-state index in [2.05, 4.69) is 37.8 Å². The van der Waals surface area contributed by atoms with Gasteiger partial charge in [0.2, 0.25) is 5.12 Å². The van der Waals surface area contributed by atoms with E-state index in [9.17, 15) is 4.79 Å². The van der Waals surface area contributed by atoms with E-state index >= 15 is 0 Å². The van der Waals surface area contributed by atoms with Gasteiger partial charge >= 0.3 is 0 Å². The number of carbonyl (C=O) groups excluding carboxylic acids is 1. The molecule has 2 aliphatic rings. The van der Waals surface area contributed by atoms with Crippen LogP contribution in [0.25, 0.3) is 0 Å². The Morgan fingerprint density at radius 1 is 1.42 bits per heavy atom. The van der Waals surface area contributed by atoms with Gasteiger partial charge in [0.05, 0.1) is 6.61 Å². The van der Waals surface area contributed by atoms with Gasteiger partial charge in [0.15, 0.2) is 0 Å². The zero-order chi connectivity index (χ0) is 14.0. The van der Waals surface area contributed by atoms with Gasteiger partial charge in [0.1, 0.15) is 6.23 Å². The molecule has 0 aromatic rings. The fourth-order valence-corrected chi connectivity index (χ4v) is 3.36. The van der Waals surface area contributed by atoms with Crippen molar-refractivity contribution in [2.45, 2.75) is 51.5 Å². The Morgan fingerprint density at radius 2 is 2.16 bits per heavy atom.